The maximum Gasteiger partial charge on any atom is 0.288 e. The van der Waals surface area contributed by atoms with Gasteiger partial charge in [0.1, 0.15) is 5.82 Å². The van der Waals surface area contributed by atoms with E-state index in [2.05, 4.69) is 50.2 Å². The lowest BCUT2D eigenvalue weighted by Crippen LogP contribution is -2.21. The Balaban J connectivity index is 0.000000194. The molecule has 2 amide bonds. The Kier molecular flexibility index (Phi) is 9.31. The predicted molar refractivity (Wildman–Crippen MR) is 153 cm³/mol. The molecule has 3 N–H and O–H groups in total. The number of primary amides is 1. The molecule has 0 fully saturated rings. The van der Waals surface area contributed by atoms with Crippen LogP contribution in [0.5, 0.6) is 0 Å². The van der Waals surface area contributed by atoms with Gasteiger partial charge >= 0.3 is 0 Å². The van der Waals surface area contributed by atoms with Crippen molar-refractivity contribution in [2.75, 3.05) is 35.7 Å². The summed E-state index contributed by atoms with van der Waals surface area (Å²) in [5.41, 5.74) is 11.0. The summed E-state index contributed by atoms with van der Waals surface area (Å²) >= 11 is 1.81. The Labute approximate surface area is 227 Å². The lowest BCUT2D eigenvalue weighted by atomic mass is 10.1. The Morgan fingerprint density at radius 3 is 2.71 bits per heavy atom. The SMILES string of the molecule is CCCSc1ccc(N2CC3=C(C2)N=CCC3)cc1N(C)C=O.NC(=O)c1n[nH]c(Cc2ccccc2)n1. The lowest BCUT2D eigenvalue weighted by Gasteiger charge is -2.23. The smallest absolute Gasteiger partial charge is 0.288 e. The van der Waals surface area contributed by atoms with Crippen molar-refractivity contribution in [2.45, 2.75) is 37.5 Å². The zero-order chi connectivity index (χ0) is 26.9. The summed E-state index contributed by atoms with van der Waals surface area (Å²) in [6.45, 7) is 4.00. The number of anilines is 2. The fourth-order valence-electron chi connectivity index (χ4n) is 4.26. The van der Waals surface area contributed by atoms with Crippen LogP contribution in [0.1, 0.15) is 48.2 Å². The topological polar surface area (TPSA) is 121 Å². The van der Waals surface area contributed by atoms with Gasteiger partial charge in [-0.05, 0) is 54.4 Å². The van der Waals surface area contributed by atoms with Crippen molar-refractivity contribution in [3.05, 3.63) is 77.0 Å². The van der Waals surface area contributed by atoms with Crippen LogP contribution in [0.15, 0.2) is 69.7 Å². The molecule has 10 heteroatoms. The number of carbonyl (C=O) groups excluding carboxylic acids is 2. The molecule has 198 valence electrons. The molecule has 0 unspecified atom stereocenters. The van der Waals surface area contributed by atoms with Gasteiger partial charge in [-0.25, -0.2) is 4.98 Å². The summed E-state index contributed by atoms with van der Waals surface area (Å²) in [5.74, 6) is 1.11. The highest BCUT2D eigenvalue weighted by molar-refractivity contribution is 7.99. The molecule has 1 aromatic heterocycles. The Morgan fingerprint density at radius 2 is 2.03 bits per heavy atom. The highest BCUT2D eigenvalue weighted by Crippen LogP contribution is 2.36. The fraction of sp³-hybridized carbons (Fsp3) is 0.321. The Bertz CT molecular complexity index is 1320. The molecule has 0 saturated carbocycles. The molecule has 5 rings (SSSR count). The molecular weight excluding hydrogens is 498 g/mol. The van der Waals surface area contributed by atoms with Gasteiger partial charge in [-0.15, -0.1) is 16.9 Å². The fourth-order valence-corrected chi connectivity index (χ4v) is 5.20. The number of aromatic nitrogens is 3. The van der Waals surface area contributed by atoms with Gasteiger partial charge in [-0.1, -0.05) is 37.3 Å². The van der Waals surface area contributed by atoms with Crippen molar-refractivity contribution in [3.8, 4) is 0 Å². The molecule has 0 atom stereocenters. The summed E-state index contributed by atoms with van der Waals surface area (Å²) in [6, 6.07) is 16.2. The minimum Gasteiger partial charge on any atom is -0.363 e. The molecule has 2 aliphatic rings. The van der Waals surface area contributed by atoms with Crippen LogP contribution < -0.4 is 15.5 Å². The zero-order valence-electron chi connectivity index (χ0n) is 21.8. The Hall–Kier alpha value is -3.92. The third kappa shape index (κ3) is 6.89. The summed E-state index contributed by atoms with van der Waals surface area (Å²) in [4.78, 5) is 35.7. The van der Waals surface area contributed by atoms with E-state index in [-0.39, 0.29) is 5.82 Å². The van der Waals surface area contributed by atoms with Crippen molar-refractivity contribution in [1.82, 2.24) is 15.2 Å². The van der Waals surface area contributed by atoms with Crippen LogP contribution in [0.4, 0.5) is 11.4 Å². The molecule has 0 radical (unpaired) electrons. The first-order valence-electron chi connectivity index (χ1n) is 12.7. The number of nitrogens with two attached hydrogens (primary N) is 1. The first-order valence-corrected chi connectivity index (χ1v) is 13.7. The van der Waals surface area contributed by atoms with Gasteiger partial charge in [0.15, 0.2) is 0 Å². The third-order valence-corrected chi connectivity index (χ3v) is 7.50. The number of aliphatic imine (C=N–C) groups is 1. The van der Waals surface area contributed by atoms with Gasteiger partial charge in [0.2, 0.25) is 12.2 Å². The summed E-state index contributed by atoms with van der Waals surface area (Å²) in [6.07, 6.45) is 6.82. The summed E-state index contributed by atoms with van der Waals surface area (Å²) in [7, 11) is 1.82. The van der Waals surface area contributed by atoms with Gasteiger partial charge in [0.25, 0.3) is 5.91 Å². The molecule has 3 aromatic rings. The lowest BCUT2D eigenvalue weighted by molar-refractivity contribution is -0.107. The van der Waals surface area contributed by atoms with E-state index in [1.165, 1.54) is 21.9 Å². The summed E-state index contributed by atoms with van der Waals surface area (Å²) in [5, 5.41) is 6.37. The number of nitrogens with zero attached hydrogens (tertiary/aromatic N) is 5. The van der Waals surface area contributed by atoms with E-state index in [1.54, 1.807) is 4.90 Å². The average molecular weight is 532 g/mol. The molecular formula is C28H33N7O2S. The van der Waals surface area contributed by atoms with E-state index in [0.29, 0.717) is 12.2 Å². The van der Waals surface area contributed by atoms with E-state index >= 15 is 0 Å². The second-order valence-electron chi connectivity index (χ2n) is 9.11. The van der Waals surface area contributed by atoms with E-state index in [9.17, 15) is 9.59 Å². The van der Waals surface area contributed by atoms with Crippen molar-refractivity contribution >= 4 is 41.7 Å². The number of aromatic amines is 1. The van der Waals surface area contributed by atoms with Crippen LogP contribution in [-0.2, 0) is 11.2 Å². The number of H-pyrrole nitrogens is 1. The van der Waals surface area contributed by atoms with Crippen LogP contribution in [0.25, 0.3) is 0 Å². The number of hydrogen-bond donors (Lipinski definition) is 2. The molecule has 2 aromatic carbocycles. The molecule has 0 bridgehead atoms. The maximum absolute atomic E-state index is 11.2. The second kappa shape index (κ2) is 13.0. The first kappa shape index (κ1) is 27.1. The van der Waals surface area contributed by atoms with Crippen LogP contribution in [0.2, 0.25) is 0 Å². The molecule has 0 spiro atoms. The minimum atomic E-state index is -0.620. The normalized spacial score (nSPS) is 14.1. The summed E-state index contributed by atoms with van der Waals surface area (Å²) < 4.78 is 0. The number of benzene rings is 2. The van der Waals surface area contributed by atoms with E-state index in [4.69, 9.17) is 5.73 Å². The van der Waals surface area contributed by atoms with Crippen LogP contribution >= 0.6 is 11.8 Å². The number of hydrogen-bond acceptors (Lipinski definition) is 7. The predicted octanol–water partition coefficient (Wildman–Crippen LogP) is 4.21. The molecule has 3 heterocycles. The number of amides is 2. The van der Waals surface area contributed by atoms with Gasteiger partial charge in [-0.2, -0.15) is 0 Å². The average Bonchev–Trinajstić information content (AvgIpc) is 3.60. The van der Waals surface area contributed by atoms with Crippen LogP contribution in [0, 0.1) is 0 Å². The third-order valence-electron chi connectivity index (χ3n) is 6.23. The number of thioether (sulfide) groups is 1. The molecule has 0 saturated heterocycles. The van der Waals surface area contributed by atoms with Gasteiger partial charge in [0, 0.05) is 36.8 Å². The van der Waals surface area contributed by atoms with Crippen molar-refractivity contribution in [3.63, 3.8) is 0 Å². The quantitative estimate of drug-likeness (QED) is 0.315. The van der Waals surface area contributed by atoms with Crippen molar-refractivity contribution < 1.29 is 9.59 Å². The van der Waals surface area contributed by atoms with E-state index in [0.717, 1.165) is 55.8 Å². The first-order chi connectivity index (χ1) is 18.5. The largest absolute Gasteiger partial charge is 0.363 e. The van der Waals surface area contributed by atoms with E-state index < -0.39 is 5.91 Å². The standard InChI is InChI=1S/C18H23N3OS.C10H10N4O/c1-3-9-23-18-7-6-15(10-17(18)20(2)13-22)21-11-14-5-4-8-19-16(14)12-21;11-9(15)10-12-8(13-14-10)6-7-4-2-1-3-5-7/h6-8,10,13H,3-5,9,11-12H2,1-2H3;1-5H,6H2,(H2,11,15)(H,12,13,14). The van der Waals surface area contributed by atoms with Gasteiger partial charge in [0.05, 0.1) is 17.9 Å². The maximum atomic E-state index is 11.2. The van der Waals surface area contributed by atoms with Gasteiger partial charge in [-0.3, -0.25) is 19.7 Å². The number of rotatable bonds is 9. The molecule has 0 aliphatic carbocycles. The van der Waals surface area contributed by atoms with Crippen LogP contribution in [0.3, 0.4) is 0 Å². The van der Waals surface area contributed by atoms with Gasteiger partial charge < -0.3 is 15.5 Å². The number of nitrogens with one attached hydrogen (secondary N) is 1. The molecule has 2 aliphatic heterocycles. The second-order valence-corrected chi connectivity index (χ2v) is 10.2. The number of carbonyl (C=O) groups is 2. The van der Waals surface area contributed by atoms with E-state index in [1.807, 2.05) is 55.4 Å². The van der Waals surface area contributed by atoms with Crippen molar-refractivity contribution in [1.29, 1.82) is 0 Å². The molecule has 9 nitrogen and oxygen atoms in total. The van der Waals surface area contributed by atoms with Crippen LogP contribution in [-0.4, -0.2) is 59.6 Å². The monoisotopic (exact) mass is 531 g/mol. The highest BCUT2D eigenvalue weighted by Gasteiger charge is 2.24. The van der Waals surface area contributed by atoms with Crippen molar-refractivity contribution in [2.24, 2.45) is 10.7 Å². The Morgan fingerprint density at radius 1 is 1.21 bits per heavy atom. The highest BCUT2D eigenvalue weighted by atomic mass is 32.2. The molecule has 38 heavy (non-hydrogen) atoms. The zero-order valence-corrected chi connectivity index (χ0v) is 22.6. The minimum absolute atomic E-state index is 0.0286.